The van der Waals surface area contributed by atoms with Gasteiger partial charge >= 0.3 is 0 Å². The fourth-order valence-electron chi connectivity index (χ4n) is 2.20. The second-order valence-electron chi connectivity index (χ2n) is 4.87. The van der Waals surface area contributed by atoms with Crippen LogP contribution in [-0.2, 0) is 0 Å². The maximum atomic E-state index is 3.57. The van der Waals surface area contributed by atoms with Crippen LogP contribution >= 0.6 is 0 Å². The van der Waals surface area contributed by atoms with Crippen molar-refractivity contribution < 1.29 is 0 Å². The molecule has 0 aromatic rings. The van der Waals surface area contributed by atoms with Crippen molar-refractivity contribution in [1.82, 2.24) is 10.2 Å². The number of hydrogen-bond donors (Lipinski definition) is 1. The van der Waals surface area contributed by atoms with Crippen LogP contribution in [0.5, 0.6) is 0 Å². The lowest BCUT2D eigenvalue weighted by Gasteiger charge is -2.32. The quantitative estimate of drug-likeness (QED) is 0.728. The van der Waals surface area contributed by atoms with Crippen LogP contribution in [0.4, 0.5) is 0 Å². The summed E-state index contributed by atoms with van der Waals surface area (Å²) >= 11 is 0. The Hall–Kier alpha value is -0.0800. The molecule has 0 spiro atoms. The highest BCUT2D eigenvalue weighted by Gasteiger charge is 2.21. The van der Waals surface area contributed by atoms with Gasteiger partial charge in [0.25, 0.3) is 0 Å². The largest absolute Gasteiger partial charge is 0.313 e. The molecule has 2 heteroatoms. The van der Waals surface area contributed by atoms with E-state index in [1.165, 1.54) is 32.5 Å². The Morgan fingerprint density at radius 3 is 2.50 bits per heavy atom. The molecule has 2 nitrogen and oxygen atoms in total. The highest BCUT2D eigenvalue weighted by Crippen LogP contribution is 2.13. The highest BCUT2D eigenvalue weighted by molar-refractivity contribution is 4.80. The summed E-state index contributed by atoms with van der Waals surface area (Å²) in [4.78, 5) is 2.60. The predicted octanol–water partition coefficient (Wildman–Crippen LogP) is 2.10. The van der Waals surface area contributed by atoms with Gasteiger partial charge in [-0.05, 0) is 38.8 Å². The Morgan fingerprint density at radius 1 is 1.36 bits per heavy atom. The molecule has 0 aromatic carbocycles. The second kappa shape index (κ2) is 5.72. The van der Waals surface area contributed by atoms with Gasteiger partial charge in [-0.25, -0.2) is 0 Å². The smallest absolute Gasteiger partial charge is 0.0195 e. The zero-order valence-corrected chi connectivity index (χ0v) is 10.2. The Kier molecular flexibility index (Phi) is 4.90. The molecule has 1 N–H and O–H groups in total. The molecular weight excluding hydrogens is 172 g/mol. The summed E-state index contributed by atoms with van der Waals surface area (Å²) < 4.78 is 0. The second-order valence-corrected chi connectivity index (χ2v) is 4.87. The first-order valence-electron chi connectivity index (χ1n) is 6.12. The Labute approximate surface area is 89.1 Å². The number of rotatable bonds is 5. The molecule has 2 atom stereocenters. The van der Waals surface area contributed by atoms with Gasteiger partial charge in [0, 0.05) is 18.6 Å². The number of likely N-dealkylation sites (N-methyl/N-ethyl adjacent to an activating group) is 1. The maximum absolute atomic E-state index is 3.57. The fraction of sp³-hybridized carbons (Fsp3) is 1.00. The third kappa shape index (κ3) is 3.25. The van der Waals surface area contributed by atoms with Crippen molar-refractivity contribution in [3.63, 3.8) is 0 Å². The molecule has 1 rings (SSSR count). The van der Waals surface area contributed by atoms with Crippen LogP contribution in [0.1, 0.15) is 40.5 Å². The van der Waals surface area contributed by atoms with E-state index in [4.69, 9.17) is 0 Å². The topological polar surface area (TPSA) is 15.3 Å². The molecular formula is C12H26N2. The molecule has 1 saturated heterocycles. The fourth-order valence-corrected chi connectivity index (χ4v) is 2.20. The zero-order valence-electron chi connectivity index (χ0n) is 10.2. The summed E-state index contributed by atoms with van der Waals surface area (Å²) in [6, 6.07) is 1.46. The normalized spacial score (nSPS) is 24.9. The number of hydrogen-bond acceptors (Lipinski definition) is 2. The van der Waals surface area contributed by atoms with Crippen molar-refractivity contribution in [3.05, 3.63) is 0 Å². The van der Waals surface area contributed by atoms with E-state index in [0.717, 1.165) is 12.0 Å². The van der Waals surface area contributed by atoms with Crippen molar-refractivity contribution in [2.24, 2.45) is 5.92 Å². The van der Waals surface area contributed by atoms with Crippen molar-refractivity contribution in [1.29, 1.82) is 0 Å². The summed E-state index contributed by atoms with van der Waals surface area (Å²) in [6.07, 6.45) is 2.72. The molecule has 2 unspecified atom stereocenters. The molecule has 1 fully saturated rings. The monoisotopic (exact) mass is 198 g/mol. The molecule has 0 aromatic heterocycles. The van der Waals surface area contributed by atoms with Gasteiger partial charge in [0.05, 0.1) is 0 Å². The van der Waals surface area contributed by atoms with Gasteiger partial charge < -0.3 is 5.32 Å². The molecule has 0 radical (unpaired) electrons. The lowest BCUT2D eigenvalue weighted by atomic mass is 10.0. The van der Waals surface area contributed by atoms with E-state index in [1.807, 2.05) is 0 Å². The lowest BCUT2D eigenvalue weighted by Crippen LogP contribution is -2.44. The van der Waals surface area contributed by atoms with Gasteiger partial charge in [-0.2, -0.15) is 0 Å². The van der Waals surface area contributed by atoms with Gasteiger partial charge in [-0.15, -0.1) is 0 Å². The van der Waals surface area contributed by atoms with Crippen molar-refractivity contribution >= 4 is 0 Å². The lowest BCUT2D eigenvalue weighted by molar-refractivity contribution is 0.163. The van der Waals surface area contributed by atoms with Gasteiger partial charge in [0.2, 0.25) is 0 Å². The molecule has 0 bridgehead atoms. The van der Waals surface area contributed by atoms with E-state index in [0.29, 0.717) is 6.04 Å². The van der Waals surface area contributed by atoms with E-state index < -0.39 is 0 Å². The van der Waals surface area contributed by atoms with E-state index >= 15 is 0 Å². The van der Waals surface area contributed by atoms with Crippen molar-refractivity contribution in [2.75, 3.05) is 19.6 Å². The Morgan fingerprint density at radius 2 is 2.07 bits per heavy atom. The summed E-state index contributed by atoms with van der Waals surface area (Å²) in [5.41, 5.74) is 0. The summed E-state index contributed by atoms with van der Waals surface area (Å²) in [5.74, 6) is 0.761. The summed E-state index contributed by atoms with van der Waals surface area (Å²) in [5, 5.41) is 3.57. The summed E-state index contributed by atoms with van der Waals surface area (Å²) in [6.45, 7) is 12.9. The third-order valence-electron chi connectivity index (χ3n) is 3.56. The van der Waals surface area contributed by atoms with Crippen LogP contribution in [0, 0.1) is 5.92 Å². The van der Waals surface area contributed by atoms with E-state index in [2.05, 4.69) is 37.9 Å². The predicted molar refractivity (Wildman–Crippen MR) is 62.6 cm³/mol. The molecule has 14 heavy (non-hydrogen) atoms. The molecule has 1 aliphatic rings. The van der Waals surface area contributed by atoms with Crippen molar-refractivity contribution in [3.8, 4) is 0 Å². The SMILES string of the molecule is CCN(CC1CCCN1)C(C)C(C)C. The van der Waals surface area contributed by atoms with E-state index in [-0.39, 0.29) is 0 Å². The van der Waals surface area contributed by atoms with Crippen LogP contribution in [-0.4, -0.2) is 36.6 Å². The maximum Gasteiger partial charge on any atom is 0.0195 e. The van der Waals surface area contributed by atoms with Crippen LogP contribution < -0.4 is 5.32 Å². The number of nitrogens with one attached hydrogen (secondary N) is 1. The van der Waals surface area contributed by atoms with Crippen LogP contribution in [0.2, 0.25) is 0 Å². The van der Waals surface area contributed by atoms with Crippen molar-refractivity contribution in [2.45, 2.75) is 52.6 Å². The van der Waals surface area contributed by atoms with Crippen LogP contribution in [0.3, 0.4) is 0 Å². The first-order chi connectivity index (χ1) is 6.65. The van der Waals surface area contributed by atoms with Crippen LogP contribution in [0.15, 0.2) is 0 Å². The first kappa shape index (κ1) is 12.0. The molecule has 0 amide bonds. The standard InChI is InChI=1S/C12H26N2/c1-5-14(11(4)10(2)3)9-12-7-6-8-13-12/h10-13H,5-9H2,1-4H3. The minimum absolute atomic E-state index is 0.711. The third-order valence-corrected chi connectivity index (χ3v) is 3.56. The molecule has 84 valence electrons. The van der Waals surface area contributed by atoms with Crippen LogP contribution in [0.25, 0.3) is 0 Å². The molecule has 1 aliphatic heterocycles. The molecule has 0 saturated carbocycles. The summed E-state index contributed by atoms with van der Waals surface area (Å²) in [7, 11) is 0. The zero-order chi connectivity index (χ0) is 10.6. The highest BCUT2D eigenvalue weighted by atomic mass is 15.2. The van der Waals surface area contributed by atoms with Gasteiger partial charge in [0.1, 0.15) is 0 Å². The molecule has 1 heterocycles. The minimum Gasteiger partial charge on any atom is -0.313 e. The average molecular weight is 198 g/mol. The Balaban J connectivity index is 2.36. The molecule has 0 aliphatic carbocycles. The average Bonchev–Trinajstić information content (AvgIpc) is 2.65. The van der Waals surface area contributed by atoms with E-state index in [1.54, 1.807) is 0 Å². The van der Waals surface area contributed by atoms with Gasteiger partial charge in [0.15, 0.2) is 0 Å². The number of nitrogens with zero attached hydrogens (tertiary/aromatic N) is 1. The van der Waals surface area contributed by atoms with Gasteiger partial charge in [-0.3, -0.25) is 4.90 Å². The first-order valence-corrected chi connectivity index (χ1v) is 6.12. The minimum atomic E-state index is 0.711. The van der Waals surface area contributed by atoms with Gasteiger partial charge in [-0.1, -0.05) is 20.8 Å². The Bertz CT molecular complexity index is 150. The van der Waals surface area contributed by atoms with E-state index in [9.17, 15) is 0 Å².